The SMILES string of the molecule is O=P1(O)Oc2cccc3c2=c2c(cccc2=N/C(c2ccccc2)=C(/c2ccccc2)N=3)O1. The molecule has 160 valence electrons. The van der Waals surface area contributed by atoms with E-state index in [2.05, 4.69) is 0 Å². The molecule has 6 rings (SSSR count). The van der Waals surface area contributed by atoms with Gasteiger partial charge in [-0.3, -0.25) is 4.89 Å². The minimum Gasteiger partial charge on any atom is -0.394 e. The van der Waals surface area contributed by atoms with Gasteiger partial charge < -0.3 is 9.05 Å². The molecular formula is C26H17N2O4P. The van der Waals surface area contributed by atoms with E-state index in [1.165, 1.54) is 0 Å². The lowest BCUT2D eigenvalue weighted by Crippen LogP contribution is -2.14. The van der Waals surface area contributed by atoms with E-state index >= 15 is 0 Å². The molecule has 0 radical (unpaired) electrons. The molecule has 0 aromatic heterocycles. The van der Waals surface area contributed by atoms with Crippen LogP contribution in [-0.4, -0.2) is 4.89 Å². The summed E-state index contributed by atoms with van der Waals surface area (Å²) >= 11 is 0. The highest BCUT2D eigenvalue weighted by Crippen LogP contribution is 2.46. The van der Waals surface area contributed by atoms with Gasteiger partial charge in [0.2, 0.25) is 0 Å². The summed E-state index contributed by atoms with van der Waals surface area (Å²) in [5.41, 5.74) is 3.17. The van der Waals surface area contributed by atoms with Gasteiger partial charge in [0.1, 0.15) is 11.5 Å². The van der Waals surface area contributed by atoms with Crippen LogP contribution in [0.5, 0.6) is 11.5 Å². The van der Waals surface area contributed by atoms with Crippen LogP contribution in [0.3, 0.4) is 0 Å². The number of rotatable bonds is 2. The molecule has 0 atom stereocenters. The predicted molar refractivity (Wildman–Crippen MR) is 124 cm³/mol. The summed E-state index contributed by atoms with van der Waals surface area (Å²) in [6.45, 7) is 0. The van der Waals surface area contributed by atoms with Crippen molar-refractivity contribution in [2.75, 3.05) is 0 Å². The van der Waals surface area contributed by atoms with Gasteiger partial charge in [0.25, 0.3) is 0 Å². The molecule has 0 bridgehead atoms. The zero-order valence-corrected chi connectivity index (χ0v) is 18.1. The topological polar surface area (TPSA) is 80.5 Å². The van der Waals surface area contributed by atoms with Crippen molar-refractivity contribution in [3.8, 4) is 11.5 Å². The standard InChI is InChI=1S/C26H17N2O4P/c29-33(30)31-21-15-7-13-19-23(21)24-20(14-8-16-22(24)32-33)28-26(18-11-5-2-6-12-18)25(27-19)17-9-3-1-4-10-17/h1-16H,(H,29,30)/b26-25-,27-19?,27-25?,28-20?,28-26?. The van der Waals surface area contributed by atoms with Crippen LogP contribution < -0.4 is 19.8 Å². The first-order valence-corrected chi connectivity index (χ1v) is 11.9. The Morgan fingerprint density at radius 2 is 1.00 bits per heavy atom. The third-order valence-electron chi connectivity index (χ3n) is 5.47. The Balaban J connectivity index is 1.86. The number of phosphoric ester groups is 1. The molecule has 0 saturated heterocycles. The lowest BCUT2D eigenvalue weighted by molar-refractivity contribution is 0.292. The molecule has 0 unspecified atom stereocenters. The number of hydrogen-bond donors (Lipinski definition) is 1. The Hall–Kier alpha value is -3.99. The van der Waals surface area contributed by atoms with Crippen molar-refractivity contribution < 1.29 is 18.5 Å². The van der Waals surface area contributed by atoms with Gasteiger partial charge in [-0.2, -0.15) is 0 Å². The molecule has 0 amide bonds. The van der Waals surface area contributed by atoms with Gasteiger partial charge in [-0.15, -0.1) is 0 Å². The third-order valence-corrected chi connectivity index (χ3v) is 6.32. The smallest absolute Gasteiger partial charge is 0.394 e. The summed E-state index contributed by atoms with van der Waals surface area (Å²) in [6, 6.07) is 30.1. The van der Waals surface area contributed by atoms with E-state index in [9.17, 15) is 9.46 Å². The first-order valence-electron chi connectivity index (χ1n) is 10.4. The Morgan fingerprint density at radius 3 is 1.42 bits per heavy atom. The zero-order valence-electron chi connectivity index (χ0n) is 17.3. The second-order valence-electron chi connectivity index (χ2n) is 7.60. The highest BCUT2D eigenvalue weighted by atomic mass is 31.2. The Labute approximate surface area is 188 Å². The van der Waals surface area contributed by atoms with E-state index < -0.39 is 7.82 Å². The van der Waals surface area contributed by atoms with Crippen LogP contribution in [0.25, 0.3) is 11.4 Å². The summed E-state index contributed by atoms with van der Waals surface area (Å²) in [6.07, 6.45) is 0. The molecule has 2 aliphatic rings. The molecule has 4 aromatic carbocycles. The molecule has 0 aliphatic carbocycles. The Bertz CT molecular complexity index is 1580. The number of nitrogens with zero attached hydrogens (tertiary/aromatic N) is 2. The predicted octanol–water partition coefficient (Wildman–Crippen LogP) is 4.62. The molecule has 2 aliphatic heterocycles. The van der Waals surface area contributed by atoms with E-state index in [1.807, 2.05) is 72.8 Å². The fraction of sp³-hybridized carbons (Fsp3) is 0. The number of benzene rings is 4. The second-order valence-corrected chi connectivity index (χ2v) is 8.91. The molecule has 4 aromatic rings. The van der Waals surface area contributed by atoms with E-state index in [0.717, 1.165) is 11.1 Å². The quantitative estimate of drug-likeness (QED) is 0.450. The lowest BCUT2D eigenvalue weighted by atomic mass is 10.0. The molecule has 0 saturated carbocycles. The maximum Gasteiger partial charge on any atom is 0.584 e. The average Bonchev–Trinajstić information content (AvgIpc) is 2.93. The van der Waals surface area contributed by atoms with Crippen LogP contribution in [-0.2, 0) is 4.57 Å². The van der Waals surface area contributed by atoms with Gasteiger partial charge >= 0.3 is 7.82 Å². The van der Waals surface area contributed by atoms with Crippen molar-refractivity contribution in [1.82, 2.24) is 0 Å². The summed E-state index contributed by atoms with van der Waals surface area (Å²) in [4.78, 5) is 20.4. The van der Waals surface area contributed by atoms with Crippen LogP contribution in [0.15, 0.2) is 107 Å². The van der Waals surface area contributed by atoms with Gasteiger partial charge in [0.05, 0.1) is 32.5 Å². The van der Waals surface area contributed by atoms with E-state index in [1.54, 1.807) is 24.3 Å². The number of hydrogen-bond acceptors (Lipinski definition) is 5. The summed E-state index contributed by atoms with van der Waals surface area (Å²) < 4.78 is 23.4. The van der Waals surface area contributed by atoms with Crippen molar-refractivity contribution in [2.45, 2.75) is 0 Å². The first-order chi connectivity index (χ1) is 16.1. The Morgan fingerprint density at radius 1 is 0.576 bits per heavy atom. The van der Waals surface area contributed by atoms with Crippen LogP contribution in [0, 0.1) is 10.4 Å². The highest BCUT2D eigenvalue weighted by molar-refractivity contribution is 7.48. The number of phosphoric acid groups is 1. The van der Waals surface area contributed by atoms with Crippen molar-refractivity contribution in [2.24, 2.45) is 9.98 Å². The van der Waals surface area contributed by atoms with Crippen molar-refractivity contribution in [3.05, 3.63) is 129 Å². The summed E-state index contributed by atoms with van der Waals surface area (Å²) in [7, 11) is -4.38. The minimum absolute atomic E-state index is 0.221. The average molecular weight is 452 g/mol. The summed E-state index contributed by atoms with van der Waals surface area (Å²) in [5.74, 6) is 0.443. The monoisotopic (exact) mass is 452 g/mol. The molecule has 7 heteroatoms. The van der Waals surface area contributed by atoms with Gasteiger partial charge in [-0.25, -0.2) is 14.5 Å². The van der Waals surface area contributed by atoms with Crippen LogP contribution in [0.2, 0.25) is 0 Å². The fourth-order valence-corrected chi connectivity index (χ4v) is 4.93. The fourth-order valence-electron chi connectivity index (χ4n) is 4.09. The Kier molecular flexibility index (Phi) is 4.50. The molecule has 1 N–H and O–H groups in total. The maximum atomic E-state index is 12.6. The van der Waals surface area contributed by atoms with Crippen LogP contribution in [0.4, 0.5) is 0 Å². The van der Waals surface area contributed by atoms with Crippen molar-refractivity contribution >= 4 is 19.2 Å². The molecule has 0 spiro atoms. The molecule has 2 heterocycles. The molecule has 6 nitrogen and oxygen atoms in total. The van der Waals surface area contributed by atoms with Gasteiger partial charge in [0.15, 0.2) is 0 Å². The summed E-state index contributed by atoms with van der Waals surface area (Å²) in [5, 5.41) is 2.32. The third kappa shape index (κ3) is 3.46. The van der Waals surface area contributed by atoms with Gasteiger partial charge in [0, 0.05) is 11.1 Å². The molecule has 33 heavy (non-hydrogen) atoms. The first kappa shape index (κ1) is 19.7. The van der Waals surface area contributed by atoms with E-state index in [4.69, 9.17) is 19.0 Å². The maximum absolute atomic E-state index is 12.6. The van der Waals surface area contributed by atoms with Gasteiger partial charge in [-0.1, -0.05) is 72.8 Å². The van der Waals surface area contributed by atoms with Gasteiger partial charge in [-0.05, 0) is 24.3 Å². The molecule has 0 fully saturated rings. The lowest BCUT2D eigenvalue weighted by Gasteiger charge is -2.12. The van der Waals surface area contributed by atoms with Crippen LogP contribution >= 0.6 is 7.82 Å². The second kappa shape index (κ2) is 7.55. The van der Waals surface area contributed by atoms with Crippen LogP contribution in [0.1, 0.15) is 11.1 Å². The normalized spacial score (nSPS) is 20.5. The largest absolute Gasteiger partial charge is 0.584 e. The van der Waals surface area contributed by atoms with E-state index in [0.29, 0.717) is 32.5 Å². The molecular weight excluding hydrogens is 435 g/mol. The highest BCUT2D eigenvalue weighted by Gasteiger charge is 2.30. The zero-order chi connectivity index (χ0) is 22.4. The van der Waals surface area contributed by atoms with E-state index in [-0.39, 0.29) is 11.5 Å². The van der Waals surface area contributed by atoms with Crippen molar-refractivity contribution in [1.29, 1.82) is 0 Å². The van der Waals surface area contributed by atoms with Crippen molar-refractivity contribution in [3.63, 3.8) is 0 Å². The minimum atomic E-state index is -4.38.